The van der Waals surface area contributed by atoms with Crippen molar-refractivity contribution in [1.82, 2.24) is 0 Å². The summed E-state index contributed by atoms with van der Waals surface area (Å²) in [5.74, 6) is 9.60. The number of allylic oxidation sites excluding steroid dienone is 4. The average molecular weight is 805 g/mol. The van der Waals surface area contributed by atoms with Gasteiger partial charge in [-0.1, -0.05) is 170 Å². The molecule has 2 aliphatic heterocycles. The van der Waals surface area contributed by atoms with Gasteiger partial charge in [-0.3, -0.25) is 0 Å². The lowest BCUT2D eigenvalue weighted by Crippen LogP contribution is -2.21. The fourth-order valence-electron chi connectivity index (χ4n) is 8.50. The van der Waals surface area contributed by atoms with Gasteiger partial charge in [-0.2, -0.15) is 0 Å². The summed E-state index contributed by atoms with van der Waals surface area (Å²) in [4.78, 5) is 0. The van der Waals surface area contributed by atoms with E-state index < -0.39 is 0 Å². The molecule has 0 radical (unpaired) electrons. The van der Waals surface area contributed by atoms with Crippen LogP contribution in [0.2, 0.25) is 0 Å². The second kappa shape index (κ2) is 34.0. The van der Waals surface area contributed by atoms with E-state index in [-0.39, 0.29) is 6.90 Å². The molecule has 0 amide bonds. The predicted molar refractivity (Wildman–Crippen MR) is 257 cm³/mol. The molecular weight excluding hydrogens is 697 g/mol. The van der Waals surface area contributed by atoms with Gasteiger partial charge in [0.2, 0.25) is 0 Å². The van der Waals surface area contributed by atoms with Crippen molar-refractivity contribution in [2.45, 2.75) is 250 Å². The van der Waals surface area contributed by atoms with Crippen molar-refractivity contribution in [3.63, 3.8) is 0 Å². The van der Waals surface area contributed by atoms with E-state index in [0.717, 1.165) is 72.4 Å². The molecule has 7 rings (SSSR count). The zero-order chi connectivity index (χ0) is 41.9. The third-order valence-corrected chi connectivity index (χ3v) is 14.2. The van der Waals surface area contributed by atoms with Crippen molar-refractivity contribution >= 4 is 0 Å². The molecule has 2 saturated heterocycles. The molecular formula is C54H108O3. The molecule has 0 bridgehead atoms. The first-order valence-corrected chi connectivity index (χ1v) is 25.1. The zero-order valence-electron chi connectivity index (χ0n) is 41.4. The van der Waals surface area contributed by atoms with Crippen molar-refractivity contribution in [3.05, 3.63) is 23.3 Å². The lowest BCUT2D eigenvalue weighted by Gasteiger charge is -2.23. The molecule has 6 unspecified atom stereocenters. The Balaban J connectivity index is 0. The van der Waals surface area contributed by atoms with Crippen LogP contribution in [-0.4, -0.2) is 30.9 Å². The molecule has 0 spiro atoms. The van der Waals surface area contributed by atoms with Gasteiger partial charge in [0.1, 0.15) is 0 Å². The largest absolute Gasteiger partial charge is 0.412 e. The first kappa shape index (κ1) is 56.4. The van der Waals surface area contributed by atoms with Gasteiger partial charge in [0.15, 0.2) is 0 Å². The predicted octanol–water partition coefficient (Wildman–Crippen LogP) is 17.1. The molecule has 0 aromatic rings. The Morgan fingerprint density at radius 3 is 0.702 bits per heavy atom. The summed E-state index contributed by atoms with van der Waals surface area (Å²) in [5, 5.41) is 0. The highest BCUT2D eigenvalue weighted by molar-refractivity contribution is 5.02. The van der Waals surface area contributed by atoms with Crippen LogP contribution in [0.5, 0.6) is 0 Å². The maximum atomic E-state index is 5.39. The quantitative estimate of drug-likeness (QED) is 0.229. The Bertz CT molecular complexity index is 759. The molecule has 5 aliphatic carbocycles. The van der Waals surface area contributed by atoms with E-state index in [2.05, 4.69) is 109 Å². The molecule has 5 fully saturated rings. The molecule has 3 heteroatoms. The van der Waals surface area contributed by atoms with Crippen LogP contribution in [0.3, 0.4) is 0 Å². The Morgan fingerprint density at radius 1 is 0.333 bits per heavy atom. The number of hydrogen-bond donors (Lipinski definition) is 0. The maximum Gasteiger partial charge on any atom is 0.0547 e. The van der Waals surface area contributed by atoms with E-state index in [0.29, 0.717) is 12.2 Å². The van der Waals surface area contributed by atoms with Gasteiger partial charge in [0.05, 0.1) is 12.2 Å². The minimum Gasteiger partial charge on any atom is -0.412 e. The fourth-order valence-corrected chi connectivity index (χ4v) is 8.50. The van der Waals surface area contributed by atoms with Crippen molar-refractivity contribution in [3.8, 4) is 0 Å². The summed E-state index contributed by atoms with van der Waals surface area (Å²) in [6.07, 6.45) is 36.8. The summed E-state index contributed by atoms with van der Waals surface area (Å²) in [7, 11) is 0. The van der Waals surface area contributed by atoms with Crippen LogP contribution in [-0.2, 0) is 9.47 Å². The average Bonchev–Trinajstić information content (AvgIpc) is 3.18. The molecule has 2 N–H and O–H groups in total. The Labute approximate surface area is 361 Å². The second-order valence-corrected chi connectivity index (χ2v) is 21.6. The van der Waals surface area contributed by atoms with Crippen LogP contribution < -0.4 is 0 Å². The summed E-state index contributed by atoms with van der Waals surface area (Å²) in [6, 6.07) is 0. The van der Waals surface area contributed by atoms with Gasteiger partial charge < -0.3 is 14.9 Å². The monoisotopic (exact) mass is 805 g/mol. The van der Waals surface area contributed by atoms with E-state index in [1.807, 2.05) is 0 Å². The maximum absolute atomic E-state index is 5.39. The van der Waals surface area contributed by atoms with E-state index in [1.165, 1.54) is 141 Å². The molecule has 3 nitrogen and oxygen atoms in total. The molecule has 6 atom stereocenters. The van der Waals surface area contributed by atoms with Crippen molar-refractivity contribution in [2.24, 2.45) is 59.2 Å². The second-order valence-electron chi connectivity index (χ2n) is 21.6. The lowest BCUT2D eigenvalue weighted by molar-refractivity contribution is 0.000174. The molecule has 342 valence electrons. The van der Waals surface area contributed by atoms with Gasteiger partial charge in [-0.15, -0.1) is 0 Å². The van der Waals surface area contributed by atoms with E-state index >= 15 is 0 Å². The standard InChI is InChI=1S/3C8H16.2C8H14.2C7H14O.H2O.H2/c5*1-7-3-5-8(2)6-4-7;2*1-6-3-4-7(2)8-5-6;;/h3*7-8H,3-6H2,1-2H3;2*3,8H,4-6H2,1-2H3;2*6-7H,3-5H2,1-2H3;1H2;1H. The summed E-state index contributed by atoms with van der Waals surface area (Å²) >= 11 is 0. The molecule has 3 saturated carbocycles. The van der Waals surface area contributed by atoms with Crippen LogP contribution >= 0.6 is 0 Å². The summed E-state index contributed by atoms with van der Waals surface area (Å²) < 4.78 is 10.8. The first-order valence-electron chi connectivity index (χ1n) is 25.1. The topological polar surface area (TPSA) is 50.0 Å². The zero-order valence-corrected chi connectivity index (χ0v) is 41.4. The van der Waals surface area contributed by atoms with Crippen LogP contribution in [0.1, 0.15) is 240 Å². The van der Waals surface area contributed by atoms with Crippen molar-refractivity contribution < 1.29 is 16.4 Å². The fraction of sp³-hybridized carbons (Fsp3) is 0.926. The van der Waals surface area contributed by atoms with Crippen LogP contribution in [0.25, 0.3) is 0 Å². The summed E-state index contributed by atoms with van der Waals surface area (Å²) in [5.41, 5.74) is 3.17. The smallest absolute Gasteiger partial charge is 0.0547 e. The number of rotatable bonds is 0. The van der Waals surface area contributed by atoms with E-state index in [1.54, 1.807) is 11.1 Å². The summed E-state index contributed by atoms with van der Waals surface area (Å²) in [6.45, 7) is 34.0. The van der Waals surface area contributed by atoms with Crippen LogP contribution in [0.4, 0.5) is 0 Å². The molecule has 7 aliphatic rings. The normalized spacial score (nSPS) is 36.2. The highest BCUT2D eigenvalue weighted by atomic mass is 16.5. The Morgan fingerprint density at radius 2 is 0.561 bits per heavy atom. The van der Waals surface area contributed by atoms with Gasteiger partial charge in [0, 0.05) is 14.6 Å². The molecule has 0 aromatic carbocycles. The number of ether oxygens (including phenoxy) is 2. The number of hydrogen-bond acceptors (Lipinski definition) is 2. The van der Waals surface area contributed by atoms with E-state index in [9.17, 15) is 0 Å². The van der Waals surface area contributed by atoms with Gasteiger partial charge >= 0.3 is 0 Å². The third kappa shape index (κ3) is 32.8. The van der Waals surface area contributed by atoms with Gasteiger partial charge in [-0.05, 0) is 151 Å². The van der Waals surface area contributed by atoms with Crippen molar-refractivity contribution in [2.75, 3.05) is 13.2 Å². The lowest BCUT2D eigenvalue weighted by atomic mass is 9.84. The third-order valence-electron chi connectivity index (χ3n) is 14.2. The molecule has 0 aromatic heterocycles. The van der Waals surface area contributed by atoms with Gasteiger partial charge in [0.25, 0.3) is 0 Å². The molecule has 2 heterocycles. The minimum atomic E-state index is 0. The van der Waals surface area contributed by atoms with Gasteiger partial charge in [-0.25, -0.2) is 0 Å². The van der Waals surface area contributed by atoms with Crippen LogP contribution in [0.15, 0.2) is 23.3 Å². The van der Waals surface area contributed by atoms with E-state index in [4.69, 9.17) is 9.47 Å². The van der Waals surface area contributed by atoms with Crippen molar-refractivity contribution in [1.29, 1.82) is 0 Å². The SMILES string of the molecule is CC1=CCC(C)CC1.CC1=CCC(C)CC1.CC1CCC(C)CC1.CC1CCC(C)CC1.CC1CCC(C)CC1.CC1CCC(C)OC1.CC1CCC(C)OC1.O.[HH]. The highest BCUT2D eigenvalue weighted by Gasteiger charge is 2.16. The first-order chi connectivity index (χ1) is 26.5. The Hall–Kier alpha value is -0.640. The molecule has 57 heavy (non-hydrogen) atoms. The van der Waals surface area contributed by atoms with Crippen LogP contribution in [0, 0.1) is 59.2 Å². The minimum absolute atomic E-state index is 0. The Kier molecular flexibility index (Phi) is 33.6. The highest BCUT2D eigenvalue weighted by Crippen LogP contribution is 2.29.